The maximum Gasteiger partial charge on any atom is 0.272 e. The minimum Gasteiger partial charge on any atom is -0.273 e. The minimum absolute atomic E-state index is 0.0553. The first kappa shape index (κ1) is 15.6. The molecule has 0 aliphatic rings. The van der Waals surface area contributed by atoms with Crippen LogP contribution < -0.4 is 10.9 Å². The number of hydrazine groups is 1. The topological polar surface area (TPSA) is 101 Å². The van der Waals surface area contributed by atoms with Crippen molar-refractivity contribution in [2.45, 2.75) is 27.7 Å². The maximum absolute atomic E-state index is 11.8. The first-order valence-electron chi connectivity index (χ1n) is 5.99. The third kappa shape index (κ3) is 3.78. The largest absolute Gasteiger partial charge is 0.273 e. The molecule has 2 amide bonds. The highest BCUT2D eigenvalue weighted by Crippen LogP contribution is 2.18. The summed E-state index contributed by atoms with van der Waals surface area (Å²) >= 11 is 0. The van der Waals surface area contributed by atoms with E-state index in [0.717, 1.165) is 0 Å². The summed E-state index contributed by atoms with van der Waals surface area (Å²) in [5.41, 5.74) is 4.51. The van der Waals surface area contributed by atoms with Gasteiger partial charge in [-0.3, -0.25) is 30.6 Å². The third-order valence-corrected chi connectivity index (χ3v) is 2.63. The van der Waals surface area contributed by atoms with Crippen molar-refractivity contribution in [1.29, 1.82) is 0 Å². The number of amides is 2. The Bertz CT molecular complexity index is 561. The van der Waals surface area contributed by atoms with Crippen LogP contribution >= 0.6 is 0 Å². The maximum atomic E-state index is 11.8. The molecule has 7 nitrogen and oxygen atoms in total. The Labute approximate surface area is 116 Å². The van der Waals surface area contributed by atoms with E-state index < -0.39 is 16.2 Å². The number of rotatable bonds is 2. The molecule has 0 aromatic heterocycles. The second kappa shape index (κ2) is 5.68. The Morgan fingerprint density at radius 2 is 1.80 bits per heavy atom. The molecule has 0 heterocycles. The number of nitrogens with one attached hydrogen (secondary N) is 2. The molecule has 0 unspecified atom stereocenters. The number of nitrogens with zero attached hydrogens (tertiary/aromatic N) is 1. The molecule has 0 saturated heterocycles. The second-order valence-electron chi connectivity index (χ2n) is 5.42. The van der Waals surface area contributed by atoms with Gasteiger partial charge in [-0.15, -0.1) is 0 Å². The van der Waals surface area contributed by atoms with Crippen LogP contribution in [0.3, 0.4) is 0 Å². The van der Waals surface area contributed by atoms with Gasteiger partial charge in [0.05, 0.1) is 4.92 Å². The molecule has 1 aromatic carbocycles. The summed E-state index contributed by atoms with van der Waals surface area (Å²) in [5, 5.41) is 10.7. The van der Waals surface area contributed by atoms with Gasteiger partial charge in [-0.25, -0.2) is 0 Å². The summed E-state index contributed by atoms with van der Waals surface area (Å²) in [6.07, 6.45) is 0. The molecule has 0 aliphatic carbocycles. The lowest BCUT2D eigenvalue weighted by molar-refractivity contribution is -0.385. The predicted octanol–water partition coefficient (Wildman–Crippen LogP) is 1.71. The second-order valence-corrected chi connectivity index (χ2v) is 5.42. The molecule has 1 rings (SSSR count). The lowest BCUT2D eigenvalue weighted by Gasteiger charge is -2.17. The third-order valence-electron chi connectivity index (χ3n) is 2.63. The van der Waals surface area contributed by atoms with Crippen molar-refractivity contribution in [3.8, 4) is 0 Å². The number of carbonyl (C=O) groups excluding carboxylic acids is 2. The number of carbonyl (C=O) groups is 2. The summed E-state index contributed by atoms with van der Waals surface area (Å²) in [4.78, 5) is 33.6. The fourth-order valence-corrected chi connectivity index (χ4v) is 1.37. The van der Waals surface area contributed by atoms with E-state index in [9.17, 15) is 19.7 Å². The van der Waals surface area contributed by atoms with Crippen LogP contribution in [-0.2, 0) is 4.79 Å². The Balaban J connectivity index is 2.77. The minimum atomic E-state index is -0.626. The molecule has 0 fully saturated rings. The van der Waals surface area contributed by atoms with Gasteiger partial charge in [-0.1, -0.05) is 20.8 Å². The number of nitro groups is 1. The van der Waals surface area contributed by atoms with E-state index in [4.69, 9.17) is 0 Å². The van der Waals surface area contributed by atoms with Crippen molar-refractivity contribution in [2.75, 3.05) is 0 Å². The smallest absolute Gasteiger partial charge is 0.272 e. The van der Waals surface area contributed by atoms with E-state index in [2.05, 4.69) is 10.9 Å². The van der Waals surface area contributed by atoms with Gasteiger partial charge in [-0.05, 0) is 19.1 Å². The van der Waals surface area contributed by atoms with Crippen LogP contribution in [0.25, 0.3) is 0 Å². The summed E-state index contributed by atoms with van der Waals surface area (Å²) in [6, 6.07) is 4.00. The van der Waals surface area contributed by atoms with Gasteiger partial charge in [0.15, 0.2) is 0 Å². The SMILES string of the molecule is Cc1cc(C(=O)NNC(=O)C(C)(C)C)ccc1[N+](=O)[O-]. The van der Waals surface area contributed by atoms with E-state index in [1.54, 1.807) is 27.7 Å². The van der Waals surface area contributed by atoms with Crippen molar-refractivity contribution >= 4 is 17.5 Å². The molecule has 0 aliphatic heterocycles. The molecule has 20 heavy (non-hydrogen) atoms. The molecule has 0 saturated carbocycles. The van der Waals surface area contributed by atoms with Gasteiger partial charge in [0.25, 0.3) is 11.6 Å². The zero-order valence-corrected chi connectivity index (χ0v) is 11.8. The first-order valence-corrected chi connectivity index (χ1v) is 5.99. The summed E-state index contributed by atoms with van der Waals surface area (Å²) in [5.74, 6) is -0.856. The number of aryl methyl sites for hydroxylation is 1. The highest BCUT2D eigenvalue weighted by atomic mass is 16.6. The van der Waals surface area contributed by atoms with Crippen LogP contribution in [0.15, 0.2) is 18.2 Å². The van der Waals surface area contributed by atoms with Crippen LogP contribution in [0.1, 0.15) is 36.7 Å². The molecule has 2 N–H and O–H groups in total. The van der Waals surface area contributed by atoms with Crippen LogP contribution in [0, 0.1) is 22.5 Å². The Kier molecular flexibility index (Phi) is 4.44. The fourth-order valence-electron chi connectivity index (χ4n) is 1.37. The number of nitro benzene ring substituents is 1. The van der Waals surface area contributed by atoms with Gasteiger partial charge in [0.2, 0.25) is 5.91 Å². The van der Waals surface area contributed by atoms with Gasteiger partial charge >= 0.3 is 0 Å². The van der Waals surface area contributed by atoms with E-state index in [1.165, 1.54) is 18.2 Å². The molecule has 108 valence electrons. The quantitative estimate of drug-likeness (QED) is 0.635. The van der Waals surface area contributed by atoms with Crippen molar-refractivity contribution in [3.63, 3.8) is 0 Å². The monoisotopic (exact) mass is 279 g/mol. The van der Waals surface area contributed by atoms with Crippen molar-refractivity contribution < 1.29 is 14.5 Å². The number of hydrogen-bond acceptors (Lipinski definition) is 4. The fraction of sp³-hybridized carbons (Fsp3) is 0.385. The van der Waals surface area contributed by atoms with E-state index >= 15 is 0 Å². The summed E-state index contributed by atoms with van der Waals surface area (Å²) in [6.45, 7) is 6.68. The molecular formula is C13H17N3O4. The molecular weight excluding hydrogens is 262 g/mol. The van der Waals surface area contributed by atoms with Crippen molar-refractivity contribution in [2.24, 2.45) is 5.41 Å². The predicted molar refractivity (Wildman–Crippen MR) is 72.9 cm³/mol. The van der Waals surface area contributed by atoms with Crippen molar-refractivity contribution in [1.82, 2.24) is 10.9 Å². The van der Waals surface area contributed by atoms with Crippen LogP contribution in [0.5, 0.6) is 0 Å². The summed E-state index contributed by atoms with van der Waals surface area (Å²) < 4.78 is 0. The van der Waals surface area contributed by atoms with Gasteiger partial charge < -0.3 is 0 Å². The zero-order chi connectivity index (χ0) is 15.5. The highest BCUT2D eigenvalue weighted by molar-refractivity contribution is 5.96. The Morgan fingerprint density at radius 3 is 2.25 bits per heavy atom. The molecule has 0 bridgehead atoms. The normalized spacial score (nSPS) is 10.8. The van der Waals surface area contributed by atoms with E-state index in [1.807, 2.05) is 0 Å². The van der Waals surface area contributed by atoms with Crippen LogP contribution in [0.2, 0.25) is 0 Å². The first-order chi connectivity index (χ1) is 9.12. The average molecular weight is 279 g/mol. The van der Waals surface area contributed by atoms with E-state index in [-0.39, 0.29) is 17.2 Å². The molecule has 0 atom stereocenters. The molecule has 7 heteroatoms. The van der Waals surface area contributed by atoms with Crippen LogP contribution in [0.4, 0.5) is 5.69 Å². The molecule has 0 radical (unpaired) electrons. The van der Waals surface area contributed by atoms with Gasteiger partial charge in [-0.2, -0.15) is 0 Å². The Morgan fingerprint density at radius 1 is 1.20 bits per heavy atom. The average Bonchev–Trinajstić information content (AvgIpc) is 2.33. The van der Waals surface area contributed by atoms with Gasteiger partial charge in [0.1, 0.15) is 0 Å². The van der Waals surface area contributed by atoms with Gasteiger partial charge in [0, 0.05) is 22.6 Å². The summed E-state index contributed by atoms with van der Waals surface area (Å²) in [7, 11) is 0. The molecule has 1 aromatic rings. The standard InChI is InChI=1S/C13H17N3O4/c1-8-7-9(5-6-10(8)16(19)20)11(17)14-15-12(18)13(2,3)4/h5-7H,1-4H3,(H,14,17)(H,15,18). The lowest BCUT2D eigenvalue weighted by atomic mass is 9.96. The zero-order valence-electron chi connectivity index (χ0n) is 11.8. The van der Waals surface area contributed by atoms with Crippen LogP contribution in [-0.4, -0.2) is 16.7 Å². The number of benzene rings is 1. The highest BCUT2D eigenvalue weighted by Gasteiger charge is 2.22. The van der Waals surface area contributed by atoms with E-state index in [0.29, 0.717) is 5.56 Å². The molecule has 0 spiro atoms. The van der Waals surface area contributed by atoms with Crippen molar-refractivity contribution in [3.05, 3.63) is 39.4 Å². The number of hydrogen-bond donors (Lipinski definition) is 2. The lowest BCUT2D eigenvalue weighted by Crippen LogP contribution is -2.46. The Hall–Kier alpha value is -2.44.